The van der Waals surface area contributed by atoms with E-state index < -0.39 is 17.8 Å². The van der Waals surface area contributed by atoms with Gasteiger partial charge in [-0.25, -0.2) is 20.0 Å². The summed E-state index contributed by atoms with van der Waals surface area (Å²) in [7, 11) is 1.72. The Morgan fingerprint density at radius 3 is 2.33 bits per heavy atom. The van der Waals surface area contributed by atoms with Crippen molar-refractivity contribution >= 4 is 23.2 Å². The number of amides is 2. The zero-order valence-corrected chi connectivity index (χ0v) is 22.5. The van der Waals surface area contributed by atoms with Crippen molar-refractivity contribution in [2.75, 3.05) is 49.2 Å². The Kier molecular flexibility index (Phi) is 8.76. The molecule has 0 radical (unpaired) electrons. The minimum atomic E-state index is -4.60. The predicted molar refractivity (Wildman–Crippen MR) is 144 cm³/mol. The van der Waals surface area contributed by atoms with Gasteiger partial charge < -0.3 is 20.7 Å². The summed E-state index contributed by atoms with van der Waals surface area (Å²) >= 11 is 0. The topological polar surface area (TPSA) is 112 Å². The number of ether oxygens (including phenoxy) is 1. The second kappa shape index (κ2) is 12.1. The normalized spacial score (nSPS) is 15.5. The fourth-order valence-corrected chi connectivity index (χ4v) is 4.38. The number of urea groups is 1. The minimum Gasteiger partial charge on any atom is -0.439 e. The van der Waals surface area contributed by atoms with E-state index in [2.05, 4.69) is 25.9 Å². The zero-order chi connectivity index (χ0) is 28.9. The number of hydroxylamine groups is 3. The number of rotatable bonds is 8. The highest BCUT2D eigenvalue weighted by Crippen LogP contribution is 2.35. The van der Waals surface area contributed by atoms with Crippen molar-refractivity contribution in [1.29, 1.82) is 0 Å². The highest BCUT2D eigenvalue weighted by molar-refractivity contribution is 5.99. The van der Waals surface area contributed by atoms with Crippen LogP contribution >= 0.6 is 0 Å². The summed E-state index contributed by atoms with van der Waals surface area (Å²) < 4.78 is 47.3. The van der Waals surface area contributed by atoms with Crippen molar-refractivity contribution in [3.63, 3.8) is 0 Å². The molecule has 0 aliphatic carbocycles. The number of alkyl halides is 3. The third-order valence-electron chi connectivity index (χ3n) is 6.87. The second-order valence-electron chi connectivity index (χ2n) is 9.87. The first kappa shape index (κ1) is 29.1. The van der Waals surface area contributed by atoms with E-state index in [1.807, 2.05) is 18.7 Å². The number of benzene rings is 2. The Labute approximate surface area is 230 Å². The fourth-order valence-electron chi connectivity index (χ4n) is 4.38. The molecule has 2 heterocycles. The number of halogens is 3. The lowest BCUT2D eigenvalue weighted by Gasteiger charge is -2.41. The molecule has 1 aliphatic rings. The summed E-state index contributed by atoms with van der Waals surface area (Å²) in [6, 6.07) is 11.2. The minimum absolute atomic E-state index is 0.0159. The number of quaternary nitrogens is 1. The number of nitrogens with zero attached hydrogens (tertiary/aromatic N) is 4. The number of hydrogen-bond donors (Lipinski definition) is 4. The van der Waals surface area contributed by atoms with Gasteiger partial charge in [-0.15, -0.1) is 0 Å². The molecular formula is C27H33F3N7O3+. The van der Waals surface area contributed by atoms with Crippen molar-refractivity contribution in [1.82, 2.24) is 14.9 Å². The first-order chi connectivity index (χ1) is 18.9. The molecule has 0 unspecified atom stereocenters. The summed E-state index contributed by atoms with van der Waals surface area (Å²) in [5, 5.41) is 18.6. The van der Waals surface area contributed by atoms with Gasteiger partial charge in [-0.2, -0.15) is 17.8 Å². The molecule has 40 heavy (non-hydrogen) atoms. The summed E-state index contributed by atoms with van der Waals surface area (Å²) in [6.45, 7) is 5.80. The molecule has 2 aromatic carbocycles. The number of carbonyl (C=O) groups is 1. The van der Waals surface area contributed by atoms with Crippen molar-refractivity contribution in [2.24, 2.45) is 0 Å². The highest BCUT2D eigenvalue weighted by Gasteiger charge is 2.37. The van der Waals surface area contributed by atoms with Crippen LogP contribution in [0.2, 0.25) is 0 Å². The van der Waals surface area contributed by atoms with Gasteiger partial charge in [0, 0.05) is 31.0 Å². The summed E-state index contributed by atoms with van der Waals surface area (Å²) in [6.07, 6.45) is -3.24. The van der Waals surface area contributed by atoms with Crippen LogP contribution < -0.4 is 20.7 Å². The lowest BCUT2D eigenvalue weighted by Crippen LogP contribution is -2.60. The molecule has 4 rings (SSSR count). The van der Waals surface area contributed by atoms with Gasteiger partial charge in [0.05, 0.1) is 18.7 Å². The van der Waals surface area contributed by atoms with Gasteiger partial charge in [0.25, 0.3) is 0 Å². The Bertz CT molecular complexity index is 1310. The van der Waals surface area contributed by atoms with Crippen LogP contribution in [0, 0.1) is 0 Å². The van der Waals surface area contributed by atoms with Crippen molar-refractivity contribution in [3.05, 3.63) is 66.0 Å². The fraction of sp³-hybridized carbons (Fsp3) is 0.370. The highest BCUT2D eigenvalue weighted by atomic mass is 19.4. The maximum absolute atomic E-state index is 13.9. The van der Waals surface area contributed by atoms with Gasteiger partial charge in [-0.3, -0.25) is 4.90 Å². The molecule has 4 N–H and O–H groups in total. The first-order valence-electron chi connectivity index (χ1n) is 12.8. The summed E-state index contributed by atoms with van der Waals surface area (Å²) in [5.74, 6) is 1.39. The van der Waals surface area contributed by atoms with Crippen LogP contribution in [0.5, 0.6) is 11.6 Å². The van der Waals surface area contributed by atoms with Crippen molar-refractivity contribution in [3.8, 4) is 11.6 Å². The number of carbonyl (C=O) groups excluding carboxylic acids is 1. The molecule has 0 saturated carbocycles. The van der Waals surface area contributed by atoms with E-state index in [0.717, 1.165) is 6.07 Å². The van der Waals surface area contributed by atoms with Crippen molar-refractivity contribution in [2.45, 2.75) is 32.6 Å². The molecule has 13 heteroatoms. The maximum atomic E-state index is 13.9. The smallest absolute Gasteiger partial charge is 0.416 e. The van der Waals surface area contributed by atoms with Crippen LogP contribution in [0.15, 0.2) is 54.9 Å². The lowest BCUT2D eigenvalue weighted by molar-refractivity contribution is -1.12. The standard InChI is InChI=1S/C27H32F3N7O3/c1-18(2)37(39)12-10-36(11-13-37)16-19-4-5-21(14-23(19)27(28,29)30)35-26(38)34-20-6-8-22(9-7-20)40-25-15-24(31-3)32-17-33-25/h4-9,14-15,17-18,39H,10-13,16H2,1-3H3,(H2-,31,32,33,34,35,38)/p+1. The predicted octanol–water partition coefficient (Wildman–Crippen LogP) is 5.40. The Balaban J connectivity index is 1.37. The largest absolute Gasteiger partial charge is 0.439 e. The van der Waals surface area contributed by atoms with E-state index in [9.17, 15) is 23.2 Å². The van der Waals surface area contributed by atoms with Crippen LogP contribution in [0.4, 0.5) is 35.2 Å². The molecule has 214 valence electrons. The number of piperazine rings is 1. The van der Waals surface area contributed by atoms with E-state index in [-0.39, 0.29) is 28.5 Å². The summed E-state index contributed by atoms with van der Waals surface area (Å²) in [4.78, 5) is 22.5. The zero-order valence-electron chi connectivity index (χ0n) is 22.5. The molecule has 0 bridgehead atoms. The molecule has 1 saturated heterocycles. The molecule has 0 spiro atoms. The SMILES string of the molecule is CNc1cc(Oc2ccc(NC(=O)Nc3ccc(CN4CC[N+](O)(C(C)C)CC4)c(C(F)(F)F)c3)cc2)ncn1. The van der Waals surface area contributed by atoms with Crippen LogP contribution in [0.25, 0.3) is 0 Å². The van der Waals surface area contributed by atoms with Gasteiger partial charge in [0.15, 0.2) is 0 Å². The number of anilines is 3. The van der Waals surface area contributed by atoms with Crippen molar-refractivity contribution < 1.29 is 32.6 Å². The number of aromatic nitrogens is 2. The van der Waals surface area contributed by atoms with E-state index in [1.54, 1.807) is 37.4 Å². The number of nitrogens with one attached hydrogen (secondary N) is 3. The van der Waals surface area contributed by atoms with Crippen LogP contribution in [-0.4, -0.2) is 70.0 Å². The van der Waals surface area contributed by atoms with Gasteiger partial charge in [0.2, 0.25) is 5.88 Å². The molecule has 2 amide bonds. The Hall–Kier alpha value is -3.94. The number of hydrogen-bond acceptors (Lipinski definition) is 7. The maximum Gasteiger partial charge on any atom is 0.416 e. The van der Waals surface area contributed by atoms with Crippen LogP contribution in [0.3, 0.4) is 0 Å². The third kappa shape index (κ3) is 7.37. The molecule has 1 aromatic heterocycles. The monoisotopic (exact) mass is 560 g/mol. The van der Waals surface area contributed by atoms with Crippen LogP contribution in [0.1, 0.15) is 25.0 Å². The van der Waals surface area contributed by atoms with Gasteiger partial charge in [-0.1, -0.05) is 6.07 Å². The van der Waals surface area contributed by atoms with E-state index in [1.165, 1.54) is 18.5 Å². The average Bonchev–Trinajstić information content (AvgIpc) is 2.91. The molecule has 3 aromatic rings. The van der Waals surface area contributed by atoms with Gasteiger partial charge >= 0.3 is 12.2 Å². The second-order valence-corrected chi connectivity index (χ2v) is 9.87. The van der Waals surface area contributed by atoms with Gasteiger partial charge in [0.1, 0.15) is 37.0 Å². The van der Waals surface area contributed by atoms with E-state index >= 15 is 0 Å². The first-order valence-corrected chi connectivity index (χ1v) is 12.8. The molecule has 0 atom stereocenters. The molecule has 1 fully saturated rings. The molecule has 1 aliphatic heterocycles. The van der Waals surface area contributed by atoms with E-state index in [0.29, 0.717) is 49.3 Å². The Morgan fingerprint density at radius 2 is 1.70 bits per heavy atom. The molecular weight excluding hydrogens is 527 g/mol. The molecule has 10 nitrogen and oxygen atoms in total. The third-order valence-corrected chi connectivity index (χ3v) is 6.87. The van der Waals surface area contributed by atoms with Crippen LogP contribution in [-0.2, 0) is 12.7 Å². The Morgan fingerprint density at radius 1 is 1.05 bits per heavy atom. The quantitative estimate of drug-likeness (QED) is 0.273. The van der Waals surface area contributed by atoms with Gasteiger partial charge in [-0.05, 0) is 55.8 Å². The summed E-state index contributed by atoms with van der Waals surface area (Å²) in [5.41, 5.74) is -0.262. The van der Waals surface area contributed by atoms with E-state index in [4.69, 9.17) is 4.74 Å². The lowest BCUT2D eigenvalue weighted by atomic mass is 10.0. The average molecular weight is 561 g/mol.